The van der Waals surface area contributed by atoms with Crippen molar-refractivity contribution in [1.29, 1.82) is 0 Å². The van der Waals surface area contributed by atoms with Crippen LogP contribution in [0, 0.1) is 6.92 Å². The summed E-state index contributed by atoms with van der Waals surface area (Å²) in [6, 6.07) is 8.35. The molecule has 0 bridgehead atoms. The first-order valence-corrected chi connectivity index (χ1v) is 7.38. The maximum Gasteiger partial charge on any atom is 0.149 e. The number of nitrogens with zero attached hydrogens (tertiary/aromatic N) is 2. The van der Waals surface area contributed by atoms with Gasteiger partial charge in [0.15, 0.2) is 0 Å². The Morgan fingerprint density at radius 1 is 1.24 bits per heavy atom. The number of alkyl halides is 1. The van der Waals surface area contributed by atoms with Crippen LogP contribution in [0.5, 0.6) is 0 Å². The lowest BCUT2D eigenvalue weighted by atomic mass is 10.0. The lowest BCUT2D eigenvalue weighted by molar-refractivity contribution is 0.365. The Morgan fingerprint density at radius 2 is 1.90 bits per heavy atom. The van der Waals surface area contributed by atoms with E-state index in [2.05, 4.69) is 46.5 Å². The summed E-state index contributed by atoms with van der Waals surface area (Å²) in [6.45, 7) is 5.54. The maximum absolute atomic E-state index is 13.5. The maximum atomic E-state index is 13.5. The largest absolute Gasteiger partial charge is 0.362 e. The smallest absolute Gasteiger partial charge is 0.149 e. The highest BCUT2D eigenvalue weighted by molar-refractivity contribution is 6.33. The van der Waals surface area contributed by atoms with Gasteiger partial charge in [-0.25, -0.2) is 14.4 Å². The number of rotatable bonds is 5. The first-order valence-electron chi connectivity index (χ1n) is 7.00. The number of halogens is 2. The topological polar surface area (TPSA) is 37.8 Å². The number of anilines is 1. The molecule has 2 rings (SSSR count). The second-order valence-electron chi connectivity index (χ2n) is 5.05. The van der Waals surface area contributed by atoms with E-state index in [0.717, 1.165) is 12.0 Å². The summed E-state index contributed by atoms with van der Waals surface area (Å²) in [5, 5.41) is 3.53. The van der Waals surface area contributed by atoms with Gasteiger partial charge in [0.1, 0.15) is 23.3 Å². The summed E-state index contributed by atoms with van der Waals surface area (Å²) >= 11 is 6.19. The predicted octanol–water partition coefficient (Wildman–Crippen LogP) is 5.03. The molecule has 0 spiro atoms. The average Bonchev–Trinajstić information content (AvgIpc) is 2.47. The fourth-order valence-electron chi connectivity index (χ4n) is 2.15. The fraction of sp³-hybridized carbons (Fsp3) is 0.375. The molecule has 0 aliphatic carbocycles. The molecule has 112 valence electrons. The van der Waals surface area contributed by atoms with Crippen molar-refractivity contribution in [1.82, 2.24) is 9.97 Å². The van der Waals surface area contributed by atoms with Crippen LogP contribution in [0.4, 0.5) is 10.2 Å². The summed E-state index contributed by atoms with van der Waals surface area (Å²) in [5.74, 6) is 0.471. The van der Waals surface area contributed by atoms with E-state index < -0.39 is 6.17 Å². The van der Waals surface area contributed by atoms with Gasteiger partial charge in [-0.2, -0.15) is 0 Å². The Balaban J connectivity index is 2.27. The molecule has 2 unspecified atom stereocenters. The molecule has 0 saturated heterocycles. The molecule has 1 aromatic heterocycles. The third-order valence-electron chi connectivity index (χ3n) is 3.39. The Kier molecular flexibility index (Phi) is 5.12. The minimum atomic E-state index is -1.22. The second-order valence-corrected chi connectivity index (χ2v) is 5.43. The van der Waals surface area contributed by atoms with Gasteiger partial charge in [0.2, 0.25) is 0 Å². The quantitative estimate of drug-likeness (QED) is 0.841. The van der Waals surface area contributed by atoms with Gasteiger partial charge in [0.05, 0.1) is 11.7 Å². The summed E-state index contributed by atoms with van der Waals surface area (Å²) in [4.78, 5) is 8.03. The molecule has 3 nitrogen and oxygen atoms in total. The van der Waals surface area contributed by atoms with Crippen molar-refractivity contribution in [3.63, 3.8) is 0 Å². The van der Waals surface area contributed by atoms with Gasteiger partial charge in [-0.1, -0.05) is 48.4 Å². The molecule has 1 heterocycles. The Morgan fingerprint density at radius 3 is 2.48 bits per heavy atom. The van der Waals surface area contributed by atoms with Crippen molar-refractivity contribution in [2.75, 3.05) is 5.32 Å². The van der Waals surface area contributed by atoms with Crippen LogP contribution in [0.25, 0.3) is 0 Å². The van der Waals surface area contributed by atoms with E-state index in [-0.39, 0.29) is 16.8 Å². The van der Waals surface area contributed by atoms with Gasteiger partial charge in [0.25, 0.3) is 0 Å². The van der Waals surface area contributed by atoms with Crippen molar-refractivity contribution >= 4 is 17.4 Å². The molecule has 0 fully saturated rings. The molecule has 1 aromatic carbocycles. The zero-order valence-corrected chi connectivity index (χ0v) is 13.2. The summed E-state index contributed by atoms with van der Waals surface area (Å²) in [7, 11) is 0. The third-order valence-corrected chi connectivity index (χ3v) is 3.76. The van der Waals surface area contributed by atoms with Crippen LogP contribution < -0.4 is 5.32 Å². The standard InChI is InChI=1S/C16H19ClFN3/c1-4-13(12-7-5-10(2)6-8-12)21-16-14(17)15(11(3)18)19-9-20-16/h5-9,11,13H,4H2,1-3H3,(H,19,20,21). The normalized spacial score (nSPS) is 13.8. The predicted molar refractivity (Wildman–Crippen MR) is 84.4 cm³/mol. The number of nitrogens with one attached hydrogen (secondary N) is 1. The molecule has 0 aliphatic rings. The second kappa shape index (κ2) is 6.85. The Hall–Kier alpha value is -1.68. The van der Waals surface area contributed by atoms with E-state index in [1.807, 2.05) is 6.92 Å². The third kappa shape index (κ3) is 3.70. The first-order chi connectivity index (χ1) is 10.0. The van der Waals surface area contributed by atoms with Crippen LogP contribution >= 0.6 is 11.6 Å². The van der Waals surface area contributed by atoms with Gasteiger partial charge in [-0.05, 0) is 25.8 Å². The number of benzene rings is 1. The SMILES string of the molecule is CCC(Nc1ncnc(C(C)F)c1Cl)c1ccc(C)cc1. The number of aryl methyl sites for hydroxylation is 1. The zero-order chi connectivity index (χ0) is 15.4. The van der Waals surface area contributed by atoms with E-state index in [1.165, 1.54) is 18.8 Å². The summed E-state index contributed by atoms with van der Waals surface area (Å²) < 4.78 is 13.5. The molecular weight excluding hydrogens is 289 g/mol. The molecule has 1 N–H and O–H groups in total. The number of hydrogen-bond acceptors (Lipinski definition) is 3. The minimum Gasteiger partial charge on any atom is -0.362 e. The molecule has 2 atom stereocenters. The number of aromatic nitrogens is 2. The van der Waals surface area contributed by atoms with E-state index in [4.69, 9.17) is 11.6 Å². The first kappa shape index (κ1) is 15.7. The van der Waals surface area contributed by atoms with E-state index >= 15 is 0 Å². The average molecular weight is 308 g/mol. The molecule has 21 heavy (non-hydrogen) atoms. The summed E-state index contributed by atoms with van der Waals surface area (Å²) in [5.41, 5.74) is 2.57. The molecular formula is C16H19ClFN3. The molecule has 0 aliphatic heterocycles. The van der Waals surface area contributed by atoms with Gasteiger partial charge < -0.3 is 5.32 Å². The van der Waals surface area contributed by atoms with Gasteiger partial charge in [-0.3, -0.25) is 0 Å². The highest BCUT2D eigenvalue weighted by atomic mass is 35.5. The van der Waals surface area contributed by atoms with Crippen molar-refractivity contribution in [2.24, 2.45) is 0 Å². The highest BCUT2D eigenvalue weighted by Gasteiger charge is 2.17. The van der Waals surface area contributed by atoms with Gasteiger partial charge >= 0.3 is 0 Å². The van der Waals surface area contributed by atoms with E-state index in [9.17, 15) is 4.39 Å². The molecule has 2 aromatic rings. The Labute approximate surface area is 129 Å². The van der Waals surface area contributed by atoms with Crippen LogP contribution in [0.3, 0.4) is 0 Å². The molecule has 5 heteroatoms. The zero-order valence-electron chi connectivity index (χ0n) is 12.4. The summed E-state index contributed by atoms with van der Waals surface area (Å²) in [6.07, 6.45) is 0.978. The lowest BCUT2D eigenvalue weighted by Crippen LogP contribution is -2.12. The Bertz CT molecular complexity index is 599. The van der Waals surface area contributed by atoms with Crippen LogP contribution in [0.2, 0.25) is 5.02 Å². The van der Waals surface area contributed by atoms with Crippen LogP contribution in [-0.2, 0) is 0 Å². The fourth-order valence-corrected chi connectivity index (χ4v) is 2.45. The van der Waals surface area contributed by atoms with Crippen LogP contribution in [0.15, 0.2) is 30.6 Å². The van der Waals surface area contributed by atoms with E-state index in [0.29, 0.717) is 5.82 Å². The lowest BCUT2D eigenvalue weighted by Gasteiger charge is -2.19. The van der Waals surface area contributed by atoms with Crippen molar-refractivity contribution in [2.45, 2.75) is 39.4 Å². The molecule has 0 radical (unpaired) electrons. The minimum absolute atomic E-state index is 0.0702. The molecule has 0 amide bonds. The van der Waals surface area contributed by atoms with Crippen LogP contribution in [-0.4, -0.2) is 9.97 Å². The van der Waals surface area contributed by atoms with Crippen molar-refractivity contribution < 1.29 is 4.39 Å². The van der Waals surface area contributed by atoms with Crippen LogP contribution in [0.1, 0.15) is 49.3 Å². The van der Waals surface area contributed by atoms with Gasteiger partial charge in [-0.15, -0.1) is 0 Å². The monoisotopic (exact) mass is 307 g/mol. The highest BCUT2D eigenvalue weighted by Crippen LogP contribution is 2.31. The number of hydrogen-bond donors (Lipinski definition) is 1. The van der Waals surface area contributed by atoms with Crippen molar-refractivity contribution in [3.8, 4) is 0 Å². The van der Waals surface area contributed by atoms with E-state index in [1.54, 1.807) is 0 Å². The molecule has 0 saturated carbocycles. The van der Waals surface area contributed by atoms with Crippen molar-refractivity contribution in [3.05, 3.63) is 52.4 Å². The van der Waals surface area contributed by atoms with Gasteiger partial charge in [0, 0.05) is 0 Å².